The van der Waals surface area contributed by atoms with Crippen LogP contribution in [0.3, 0.4) is 0 Å². The zero-order valence-corrected chi connectivity index (χ0v) is 13.2. The van der Waals surface area contributed by atoms with E-state index in [1.165, 1.54) is 12.1 Å². The summed E-state index contributed by atoms with van der Waals surface area (Å²) >= 11 is 0. The van der Waals surface area contributed by atoms with E-state index >= 15 is 0 Å². The van der Waals surface area contributed by atoms with Crippen molar-refractivity contribution in [1.82, 2.24) is 9.97 Å². The second-order valence-electron chi connectivity index (χ2n) is 5.61. The molecule has 0 bridgehead atoms. The molecule has 3 rings (SSSR count). The molecule has 1 N–H and O–H groups in total. The smallest absolute Gasteiger partial charge is 0.271 e. The maximum atomic E-state index is 10.8. The molecule has 23 heavy (non-hydrogen) atoms. The number of nitro benzene ring substituents is 1. The Hall–Kier alpha value is -2.89. The lowest BCUT2D eigenvalue weighted by Crippen LogP contribution is -2.06. The summed E-state index contributed by atoms with van der Waals surface area (Å²) in [4.78, 5) is 18.0. The van der Waals surface area contributed by atoms with Crippen molar-refractivity contribution in [3.63, 3.8) is 0 Å². The average Bonchev–Trinajstić information content (AvgIpc) is 2.94. The van der Waals surface area contributed by atoms with Crippen LogP contribution in [0.4, 0.5) is 5.69 Å². The SMILES string of the molecule is Cc1ccc(C)c(O[C@@H](C)c2nc3ccc([N+](=O)[O-])cc3[nH]2)c1. The number of aryl methyl sites for hydroxylation is 2. The molecule has 1 atom stereocenters. The Balaban J connectivity index is 1.90. The third kappa shape index (κ3) is 3.01. The van der Waals surface area contributed by atoms with Crippen LogP contribution in [-0.2, 0) is 0 Å². The van der Waals surface area contributed by atoms with E-state index in [1.54, 1.807) is 6.07 Å². The fraction of sp³-hybridized carbons (Fsp3) is 0.235. The van der Waals surface area contributed by atoms with Gasteiger partial charge in [-0.15, -0.1) is 0 Å². The van der Waals surface area contributed by atoms with E-state index in [0.29, 0.717) is 16.9 Å². The summed E-state index contributed by atoms with van der Waals surface area (Å²) in [6, 6.07) is 10.6. The molecule has 3 aromatic rings. The summed E-state index contributed by atoms with van der Waals surface area (Å²) in [5, 5.41) is 10.8. The van der Waals surface area contributed by atoms with Gasteiger partial charge in [-0.1, -0.05) is 12.1 Å². The lowest BCUT2D eigenvalue weighted by atomic mass is 10.1. The summed E-state index contributed by atoms with van der Waals surface area (Å²) < 4.78 is 5.99. The lowest BCUT2D eigenvalue weighted by Gasteiger charge is -2.15. The summed E-state index contributed by atoms with van der Waals surface area (Å²) in [5.74, 6) is 1.45. The Morgan fingerprint density at radius 2 is 2.00 bits per heavy atom. The van der Waals surface area contributed by atoms with Gasteiger partial charge in [0.25, 0.3) is 5.69 Å². The number of imidazole rings is 1. The van der Waals surface area contributed by atoms with Gasteiger partial charge in [-0.25, -0.2) is 4.98 Å². The number of H-pyrrole nitrogens is 1. The molecular formula is C17H17N3O3. The molecule has 0 amide bonds. The first-order valence-corrected chi connectivity index (χ1v) is 7.32. The molecule has 0 saturated heterocycles. The van der Waals surface area contributed by atoms with Crippen molar-refractivity contribution in [2.24, 2.45) is 0 Å². The minimum absolute atomic E-state index is 0.0378. The van der Waals surface area contributed by atoms with Crippen molar-refractivity contribution >= 4 is 16.7 Å². The number of hydrogen-bond acceptors (Lipinski definition) is 4. The number of ether oxygens (including phenoxy) is 1. The van der Waals surface area contributed by atoms with Crippen LogP contribution in [0.25, 0.3) is 11.0 Å². The number of hydrogen-bond donors (Lipinski definition) is 1. The molecule has 1 heterocycles. The van der Waals surface area contributed by atoms with Gasteiger partial charge in [0.1, 0.15) is 11.6 Å². The number of fused-ring (bicyclic) bond motifs is 1. The van der Waals surface area contributed by atoms with Gasteiger partial charge in [0.2, 0.25) is 0 Å². The van der Waals surface area contributed by atoms with Gasteiger partial charge in [0.15, 0.2) is 6.10 Å². The maximum absolute atomic E-state index is 10.8. The number of nitrogens with zero attached hydrogens (tertiary/aromatic N) is 2. The second-order valence-corrected chi connectivity index (χ2v) is 5.61. The van der Waals surface area contributed by atoms with Gasteiger partial charge < -0.3 is 9.72 Å². The zero-order valence-electron chi connectivity index (χ0n) is 13.2. The molecule has 0 spiro atoms. The Morgan fingerprint density at radius 1 is 1.22 bits per heavy atom. The van der Waals surface area contributed by atoms with E-state index < -0.39 is 4.92 Å². The summed E-state index contributed by atoms with van der Waals surface area (Å²) in [6.07, 6.45) is -0.290. The first kappa shape index (κ1) is 15.0. The van der Waals surface area contributed by atoms with E-state index in [0.717, 1.165) is 16.9 Å². The monoisotopic (exact) mass is 311 g/mol. The van der Waals surface area contributed by atoms with E-state index in [-0.39, 0.29) is 11.8 Å². The molecule has 0 radical (unpaired) electrons. The van der Waals surface area contributed by atoms with Gasteiger partial charge in [-0.05, 0) is 44.0 Å². The number of non-ortho nitro benzene ring substituents is 1. The summed E-state index contributed by atoms with van der Waals surface area (Å²) in [7, 11) is 0. The Morgan fingerprint density at radius 3 is 2.74 bits per heavy atom. The Bertz CT molecular complexity index is 886. The van der Waals surface area contributed by atoms with Gasteiger partial charge in [-0.3, -0.25) is 10.1 Å². The van der Waals surface area contributed by atoms with Crippen molar-refractivity contribution in [1.29, 1.82) is 0 Å². The average molecular weight is 311 g/mol. The van der Waals surface area contributed by atoms with Gasteiger partial charge >= 0.3 is 0 Å². The molecule has 6 heteroatoms. The molecule has 6 nitrogen and oxygen atoms in total. The summed E-state index contributed by atoms with van der Waals surface area (Å²) in [5.41, 5.74) is 3.52. The molecule has 0 aliphatic carbocycles. The van der Waals surface area contributed by atoms with Crippen LogP contribution in [0.5, 0.6) is 5.75 Å². The van der Waals surface area contributed by atoms with Crippen LogP contribution in [0.2, 0.25) is 0 Å². The second kappa shape index (κ2) is 5.72. The minimum Gasteiger partial charge on any atom is -0.483 e. The predicted molar refractivity (Wildman–Crippen MR) is 87.7 cm³/mol. The fourth-order valence-electron chi connectivity index (χ4n) is 2.40. The van der Waals surface area contributed by atoms with E-state index in [9.17, 15) is 10.1 Å². The van der Waals surface area contributed by atoms with Crippen LogP contribution in [0, 0.1) is 24.0 Å². The van der Waals surface area contributed by atoms with E-state index in [4.69, 9.17) is 4.74 Å². The largest absolute Gasteiger partial charge is 0.483 e. The van der Waals surface area contributed by atoms with Gasteiger partial charge in [0, 0.05) is 12.1 Å². The van der Waals surface area contributed by atoms with Crippen LogP contribution in [0.15, 0.2) is 36.4 Å². The minimum atomic E-state index is -0.421. The van der Waals surface area contributed by atoms with Crippen LogP contribution in [-0.4, -0.2) is 14.9 Å². The van der Waals surface area contributed by atoms with Crippen molar-refractivity contribution in [3.8, 4) is 5.75 Å². The molecule has 2 aromatic carbocycles. The number of aromatic amines is 1. The molecule has 0 fully saturated rings. The van der Waals surface area contributed by atoms with Crippen LogP contribution in [0.1, 0.15) is 30.0 Å². The van der Waals surface area contributed by atoms with E-state index in [1.807, 2.05) is 39.0 Å². The summed E-state index contributed by atoms with van der Waals surface area (Å²) in [6.45, 7) is 5.90. The van der Waals surface area contributed by atoms with Crippen molar-refractivity contribution in [2.75, 3.05) is 0 Å². The number of aromatic nitrogens is 2. The normalized spacial score (nSPS) is 12.3. The van der Waals surface area contributed by atoms with Crippen LogP contribution >= 0.6 is 0 Å². The van der Waals surface area contributed by atoms with Crippen molar-refractivity contribution in [3.05, 3.63) is 63.5 Å². The molecule has 1 aromatic heterocycles. The third-order valence-corrected chi connectivity index (χ3v) is 3.73. The first-order valence-electron chi connectivity index (χ1n) is 7.32. The molecule has 0 aliphatic heterocycles. The number of nitro groups is 1. The van der Waals surface area contributed by atoms with Crippen LogP contribution < -0.4 is 4.74 Å². The zero-order chi connectivity index (χ0) is 16.6. The quantitative estimate of drug-likeness (QED) is 0.577. The third-order valence-electron chi connectivity index (χ3n) is 3.73. The highest BCUT2D eigenvalue weighted by atomic mass is 16.6. The number of nitrogens with one attached hydrogen (secondary N) is 1. The Labute approximate surface area is 133 Å². The highest BCUT2D eigenvalue weighted by Crippen LogP contribution is 2.27. The van der Waals surface area contributed by atoms with Crippen molar-refractivity contribution < 1.29 is 9.66 Å². The fourth-order valence-corrected chi connectivity index (χ4v) is 2.40. The highest BCUT2D eigenvalue weighted by Gasteiger charge is 2.15. The Kier molecular flexibility index (Phi) is 3.73. The molecule has 0 saturated carbocycles. The molecule has 118 valence electrons. The van der Waals surface area contributed by atoms with Gasteiger partial charge in [0.05, 0.1) is 16.0 Å². The molecule has 0 unspecified atom stereocenters. The first-order chi connectivity index (χ1) is 10.9. The van der Waals surface area contributed by atoms with E-state index in [2.05, 4.69) is 9.97 Å². The molecule has 0 aliphatic rings. The van der Waals surface area contributed by atoms with Gasteiger partial charge in [-0.2, -0.15) is 0 Å². The standard InChI is InChI=1S/C17H17N3O3/c1-10-4-5-11(2)16(8-10)23-12(3)17-18-14-7-6-13(20(21)22)9-15(14)19-17/h4-9,12H,1-3H3,(H,18,19)/t12-/m0/s1. The lowest BCUT2D eigenvalue weighted by molar-refractivity contribution is -0.384. The molecular weight excluding hydrogens is 294 g/mol. The maximum Gasteiger partial charge on any atom is 0.271 e. The number of rotatable bonds is 4. The topological polar surface area (TPSA) is 81.1 Å². The number of benzene rings is 2. The highest BCUT2D eigenvalue weighted by molar-refractivity contribution is 5.77. The predicted octanol–water partition coefficient (Wildman–Crippen LogP) is 4.23. The van der Waals surface area contributed by atoms with Crippen molar-refractivity contribution in [2.45, 2.75) is 26.9 Å².